The summed E-state index contributed by atoms with van der Waals surface area (Å²) in [5.41, 5.74) is -0.538. The molecule has 0 spiro atoms. The zero-order valence-corrected chi connectivity index (χ0v) is 12.9. The van der Waals surface area contributed by atoms with Crippen LogP contribution >= 0.6 is 0 Å². The summed E-state index contributed by atoms with van der Waals surface area (Å²) in [7, 11) is 1.14. The first-order valence-electron chi connectivity index (χ1n) is 6.95. The summed E-state index contributed by atoms with van der Waals surface area (Å²) in [5.74, 6) is -2.58. The second-order valence-corrected chi connectivity index (χ2v) is 4.95. The molecule has 2 N–H and O–H groups in total. The lowest BCUT2D eigenvalue weighted by Gasteiger charge is -2.18. The second kappa shape index (κ2) is 7.39. The van der Waals surface area contributed by atoms with Gasteiger partial charge < -0.3 is 15.2 Å². The van der Waals surface area contributed by atoms with Gasteiger partial charge >= 0.3 is 11.9 Å². The molecular formula is C16H13FN2O6. The smallest absolute Gasteiger partial charge is 0.335 e. The van der Waals surface area contributed by atoms with Crippen LogP contribution in [0, 0.1) is 15.9 Å². The molecule has 1 atom stereocenters. The lowest BCUT2D eigenvalue weighted by atomic mass is 10.1. The molecule has 0 fully saturated rings. The molecular weight excluding hydrogens is 335 g/mol. The predicted octanol–water partition coefficient (Wildman–Crippen LogP) is 2.76. The summed E-state index contributed by atoms with van der Waals surface area (Å²) in [6.45, 7) is 0. The molecule has 0 radical (unpaired) electrons. The number of anilines is 1. The molecule has 9 heteroatoms. The summed E-state index contributed by atoms with van der Waals surface area (Å²) >= 11 is 0. The summed E-state index contributed by atoms with van der Waals surface area (Å²) < 4.78 is 17.7. The van der Waals surface area contributed by atoms with E-state index in [1.807, 2.05) is 0 Å². The first-order valence-corrected chi connectivity index (χ1v) is 6.95. The van der Waals surface area contributed by atoms with Crippen LogP contribution in [-0.2, 0) is 9.53 Å². The van der Waals surface area contributed by atoms with Crippen molar-refractivity contribution in [2.45, 2.75) is 6.04 Å². The minimum atomic E-state index is -1.32. The van der Waals surface area contributed by atoms with E-state index < -0.39 is 34.4 Å². The average Bonchev–Trinajstić information content (AvgIpc) is 2.59. The Morgan fingerprint density at radius 1 is 1.24 bits per heavy atom. The maximum Gasteiger partial charge on any atom is 0.335 e. The Balaban J connectivity index is 2.45. The molecule has 0 aliphatic carbocycles. The molecule has 1 unspecified atom stereocenters. The highest BCUT2D eigenvalue weighted by Gasteiger charge is 2.26. The largest absolute Gasteiger partial charge is 0.478 e. The zero-order chi connectivity index (χ0) is 18.6. The normalized spacial score (nSPS) is 11.4. The number of hydrogen-bond acceptors (Lipinski definition) is 6. The van der Waals surface area contributed by atoms with Gasteiger partial charge in [-0.3, -0.25) is 10.1 Å². The number of carbonyl (C=O) groups is 2. The fourth-order valence-electron chi connectivity index (χ4n) is 2.14. The van der Waals surface area contributed by atoms with E-state index in [0.29, 0.717) is 5.56 Å². The van der Waals surface area contributed by atoms with Crippen LogP contribution in [0.5, 0.6) is 0 Å². The molecule has 130 valence electrons. The summed E-state index contributed by atoms with van der Waals surface area (Å²) in [4.78, 5) is 33.4. The zero-order valence-electron chi connectivity index (χ0n) is 12.9. The van der Waals surface area contributed by atoms with Gasteiger partial charge in [0.1, 0.15) is 11.5 Å². The van der Waals surface area contributed by atoms with Gasteiger partial charge in [0.05, 0.1) is 17.6 Å². The molecule has 0 aliphatic heterocycles. The van der Waals surface area contributed by atoms with Gasteiger partial charge in [0.25, 0.3) is 5.69 Å². The Bertz CT molecular complexity index is 822. The number of halogens is 1. The molecule has 0 amide bonds. The highest BCUT2D eigenvalue weighted by atomic mass is 19.1. The number of esters is 1. The van der Waals surface area contributed by atoms with E-state index in [-0.39, 0.29) is 11.3 Å². The predicted molar refractivity (Wildman–Crippen MR) is 84.8 cm³/mol. The van der Waals surface area contributed by atoms with Gasteiger partial charge in [-0.2, -0.15) is 0 Å². The van der Waals surface area contributed by atoms with Crippen molar-refractivity contribution in [2.75, 3.05) is 12.4 Å². The van der Waals surface area contributed by atoms with Crippen molar-refractivity contribution in [1.82, 2.24) is 0 Å². The minimum Gasteiger partial charge on any atom is -0.478 e. The quantitative estimate of drug-likeness (QED) is 0.468. The topological polar surface area (TPSA) is 119 Å². The number of carbonyl (C=O) groups excluding carboxylic acids is 1. The summed E-state index contributed by atoms with van der Waals surface area (Å²) in [6.07, 6.45) is 0. The SMILES string of the molecule is COC(=O)C(Nc1ccc(C(=O)O)cc1[N+](=O)[O-])c1ccc(F)cc1. The standard InChI is InChI=1S/C16H13FN2O6/c1-25-16(22)14(9-2-5-11(17)6-3-9)18-12-7-4-10(15(20)21)8-13(12)19(23)24/h2-8,14,18H,1H3,(H,20,21). The first kappa shape index (κ1) is 17.9. The number of methoxy groups -OCH3 is 1. The number of nitrogens with zero attached hydrogens (tertiary/aromatic N) is 1. The van der Waals surface area contributed by atoms with Gasteiger partial charge in [-0.1, -0.05) is 12.1 Å². The Kier molecular flexibility index (Phi) is 5.28. The van der Waals surface area contributed by atoms with E-state index in [2.05, 4.69) is 10.1 Å². The molecule has 2 aromatic rings. The van der Waals surface area contributed by atoms with Gasteiger partial charge in [-0.15, -0.1) is 0 Å². The van der Waals surface area contributed by atoms with Crippen LogP contribution in [0.25, 0.3) is 0 Å². The van der Waals surface area contributed by atoms with Gasteiger partial charge in [-0.05, 0) is 29.8 Å². The third-order valence-corrected chi connectivity index (χ3v) is 3.38. The van der Waals surface area contributed by atoms with Crippen molar-refractivity contribution in [3.05, 3.63) is 69.5 Å². The minimum absolute atomic E-state index is 0.0743. The van der Waals surface area contributed by atoms with Crippen LogP contribution < -0.4 is 5.32 Å². The van der Waals surface area contributed by atoms with Gasteiger partial charge in [0, 0.05) is 6.07 Å². The van der Waals surface area contributed by atoms with Crippen molar-refractivity contribution in [1.29, 1.82) is 0 Å². The van der Waals surface area contributed by atoms with Crippen molar-refractivity contribution >= 4 is 23.3 Å². The third kappa shape index (κ3) is 4.08. The molecule has 2 rings (SSSR count). The van der Waals surface area contributed by atoms with E-state index in [1.165, 1.54) is 18.2 Å². The number of ether oxygens (including phenoxy) is 1. The van der Waals surface area contributed by atoms with Crippen LogP contribution in [0.3, 0.4) is 0 Å². The van der Waals surface area contributed by atoms with Crippen molar-refractivity contribution < 1.29 is 28.7 Å². The van der Waals surface area contributed by atoms with Gasteiger partial charge in [0.15, 0.2) is 6.04 Å². The van der Waals surface area contributed by atoms with Crippen molar-refractivity contribution in [2.24, 2.45) is 0 Å². The van der Waals surface area contributed by atoms with Crippen LogP contribution in [0.4, 0.5) is 15.8 Å². The molecule has 0 heterocycles. The lowest BCUT2D eigenvalue weighted by Crippen LogP contribution is -2.23. The Morgan fingerprint density at radius 3 is 2.40 bits per heavy atom. The number of benzene rings is 2. The van der Waals surface area contributed by atoms with Crippen LogP contribution in [-0.4, -0.2) is 29.1 Å². The molecule has 25 heavy (non-hydrogen) atoms. The molecule has 8 nitrogen and oxygen atoms in total. The summed E-state index contributed by atoms with van der Waals surface area (Å²) in [5, 5.41) is 22.8. The Labute approximate surface area is 141 Å². The Hall–Kier alpha value is -3.49. The van der Waals surface area contributed by atoms with Crippen LogP contribution in [0.2, 0.25) is 0 Å². The maximum absolute atomic E-state index is 13.1. The molecule has 0 aromatic heterocycles. The van der Waals surface area contributed by atoms with E-state index in [9.17, 15) is 24.1 Å². The monoisotopic (exact) mass is 348 g/mol. The van der Waals surface area contributed by atoms with E-state index in [1.54, 1.807) is 0 Å². The fraction of sp³-hybridized carbons (Fsp3) is 0.125. The van der Waals surface area contributed by atoms with Crippen molar-refractivity contribution in [3.63, 3.8) is 0 Å². The number of carboxylic acid groups (broad SMARTS) is 1. The number of aromatic carboxylic acids is 1. The Morgan fingerprint density at radius 2 is 1.88 bits per heavy atom. The average molecular weight is 348 g/mol. The fourth-order valence-corrected chi connectivity index (χ4v) is 2.14. The van der Waals surface area contributed by atoms with E-state index in [0.717, 1.165) is 31.4 Å². The van der Waals surface area contributed by atoms with E-state index >= 15 is 0 Å². The van der Waals surface area contributed by atoms with Crippen molar-refractivity contribution in [3.8, 4) is 0 Å². The molecule has 0 saturated heterocycles. The second-order valence-electron chi connectivity index (χ2n) is 4.95. The molecule has 0 bridgehead atoms. The first-order chi connectivity index (χ1) is 11.8. The number of nitro benzene ring substituents is 1. The van der Waals surface area contributed by atoms with Gasteiger partial charge in [-0.25, -0.2) is 14.0 Å². The number of rotatable bonds is 6. The summed E-state index contributed by atoms with van der Waals surface area (Å²) in [6, 6.07) is 7.02. The van der Waals surface area contributed by atoms with Gasteiger partial charge in [0.2, 0.25) is 0 Å². The molecule has 0 saturated carbocycles. The van der Waals surface area contributed by atoms with Crippen LogP contribution in [0.15, 0.2) is 42.5 Å². The number of hydrogen-bond donors (Lipinski definition) is 2. The molecule has 0 aliphatic rings. The van der Waals surface area contributed by atoms with Crippen LogP contribution in [0.1, 0.15) is 22.0 Å². The number of nitrogens with one attached hydrogen (secondary N) is 1. The molecule has 2 aromatic carbocycles. The highest BCUT2D eigenvalue weighted by Crippen LogP contribution is 2.30. The maximum atomic E-state index is 13.1. The third-order valence-electron chi connectivity index (χ3n) is 3.38. The number of nitro groups is 1. The van der Waals surface area contributed by atoms with E-state index in [4.69, 9.17) is 5.11 Å². The lowest BCUT2D eigenvalue weighted by molar-refractivity contribution is -0.384. The highest BCUT2D eigenvalue weighted by molar-refractivity contribution is 5.90. The number of carboxylic acids is 1.